The van der Waals surface area contributed by atoms with Gasteiger partial charge in [-0.1, -0.05) is 6.92 Å². The van der Waals surface area contributed by atoms with Crippen LogP contribution in [0.25, 0.3) is 0 Å². The average Bonchev–Trinajstić information content (AvgIpc) is 2.12. The molecule has 14 heavy (non-hydrogen) atoms. The smallest absolute Gasteiger partial charge is 0.317 e. The molecule has 2 heterocycles. The molecule has 1 N–H and O–H groups in total. The summed E-state index contributed by atoms with van der Waals surface area (Å²) in [6.45, 7) is 5.40. The SMILES string of the molecule is CC1CCN(C(=O)NC2COC2)CC1. The van der Waals surface area contributed by atoms with Crippen LogP contribution in [0, 0.1) is 5.92 Å². The van der Waals surface area contributed by atoms with Gasteiger partial charge in [-0.3, -0.25) is 0 Å². The third kappa shape index (κ3) is 2.18. The summed E-state index contributed by atoms with van der Waals surface area (Å²) in [6, 6.07) is 0.340. The Morgan fingerprint density at radius 3 is 2.50 bits per heavy atom. The maximum Gasteiger partial charge on any atom is 0.317 e. The van der Waals surface area contributed by atoms with E-state index in [2.05, 4.69) is 12.2 Å². The molecule has 2 saturated heterocycles. The van der Waals surface area contributed by atoms with Gasteiger partial charge in [0.25, 0.3) is 0 Å². The lowest BCUT2D eigenvalue weighted by atomic mass is 10.00. The first-order valence-electron chi connectivity index (χ1n) is 5.39. The molecule has 4 nitrogen and oxygen atoms in total. The Morgan fingerprint density at radius 1 is 1.36 bits per heavy atom. The van der Waals surface area contributed by atoms with Crippen molar-refractivity contribution in [2.24, 2.45) is 5.92 Å². The van der Waals surface area contributed by atoms with E-state index in [9.17, 15) is 4.79 Å². The first-order valence-corrected chi connectivity index (χ1v) is 5.39. The van der Waals surface area contributed by atoms with Crippen molar-refractivity contribution in [2.45, 2.75) is 25.8 Å². The molecule has 0 bridgehead atoms. The highest BCUT2D eigenvalue weighted by molar-refractivity contribution is 5.74. The van der Waals surface area contributed by atoms with Crippen LogP contribution in [0.4, 0.5) is 4.79 Å². The Morgan fingerprint density at radius 2 is 2.00 bits per heavy atom. The van der Waals surface area contributed by atoms with E-state index in [1.165, 1.54) is 0 Å². The highest BCUT2D eigenvalue weighted by atomic mass is 16.5. The first-order chi connectivity index (χ1) is 6.75. The van der Waals surface area contributed by atoms with Gasteiger partial charge in [0, 0.05) is 13.1 Å². The van der Waals surface area contributed by atoms with Crippen LogP contribution in [0.2, 0.25) is 0 Å². The molecular weight excluding hydrogens is 180 g/mol. The van der Waals surface area contributed by atoms with Crippen molar-refractivity contribution < 1.29 is 9.53 Å². The minimum absolute atomic E-state index is 0.0881. The summed E-state index contributed by atoms with van der Waals surface area (Å²) in [5.41, 5.74) is 0. The van der Waals surface area contributed by atoms with Gasteiger partial charge in [-0.25, -0.2) is 4.79 Å². The monoisotopic (exact) mass is 198 g/mol. The Hall–Kier alpha value is -0.770. The Kier molecular flexibility index (Phi) is 2.91. The van der Waals surface area contributed by atoms with Crippen LogP contribution in [0.1, 0.15) is 19.8 Å². The third-order valence-corrected chi connectivity index (χ3v) is 3.04. The van der Waals surface area contributed by atoms with Crippen LogP contribution in [0.5, 0.6) is 0 Å². The number of hydrogen-bond donors (Lipinski definition) is 1. The van der Waals surface area contributed by atoms with Crippen molar-refractivity contribution in [2.75, 3.05) is 26.3 Å². The number of nitrogens with zero attached hydrogens (tertiary/aromatic N) is 1. The molecule has 2 aliphatic heterocycles. The van der Waals surface area contributed by atoms with Crippen LogP contribution >= 0.6 is 0 Å². The average molecular weight is 198 g/mol. The fourth-order valence-electron chi connectivity index (χ4n) is 1.80. The molecule has 0 unspecified atom stereocenters. The van der Waals surface area contributed by atoms with Gasteiger partial charge in [0.15, 0.2) is 0 Å². The topological polar surface area (TPSA) is 41.6 Å². The van der Waals surface area contributed by atoms with Gasteiger partial charge in [0.05, 0.1) is 19.3 Å². The maximum absolute atomic E-state index is 11.7. The Bertz CT molecular complexity index is 208. The number of ether oxygens (including phenoxy) is 1. The number of urea groups is 1. The molecule has 0 atom stereocenters. The number of carbonyl (C=O) groups is 1. The zero-order valence-corrected chi connectivity index (χ0v) is 8.66. The molecular formula is C10H18N2O2. The summed E-state index contributed by atoms with van der Waals surface area (Å²) in [4.78, 5) is 13.6. The minimum atomic E-state index is 0.0881. The molecule has 2 rings (SSSR count). The number of hydrogen-bond acceptors (Lipinski definition) is 2. The molecule has 4 heteroatoms. The zero-order valence-electron chi connectivity index (χ0n) is 8.66. The summed E-state index contributed by atoms with van der Waals surface area (Å²) in [7, 11) is 0. The summed E-state index contributed by atoms with van der Waals surface area (Å²) in [5, 5.41) is 2.96. The normalized spacial score (nSPS) is 24.5. The number of likely N-dealkylation sites (tertiary alicyclic amines) is 1. The van der Waals surface area contributed by atoms with Crippen molar-refractivity contribution in [1.29, 1.82) is 0 Å². The van der Waals surface area contributed by atoms with Gasteiger partial charge in [0.2, 0.25) is 0 Å². The Labute approximate surface area is 84.6 Å². The summed E-state index contributed by atoms with van der Waals surface area (Å²) < 4.78 is 5.01. The molecule has 0 aromatic rings. The molecule has 2 amide bonds. The summed E-state index contributed by atoms with van der Waals surface area (Å²) in [5.74, 6) is 0.770. The van der Waals surface area contributed by atoms with Crippen molar-refractivity contribution in [3.8, 4) is 0 Å². The van der Waals surface area contributed by atoms with Gasteiger partial charge < -0.3 is 15.0 Å². The quantitative estimate of drug-likeness (QED) is 0.678. The summed E-state index contributed by atoms with van der Waals surface area (Å²) in [6.07, 6.45) is 2.27. The van der Waals surface area contributed by atoms with Gasteiger partial charge in [-0.15, -0.1) is 0 Å². The van der Waals surface area contributed by atoms with E-state index in [0.717, 1.165) is 31.8 Å². The molecule has 0 aromatic heterocycles. The largest absolute Gasteiger partial charge is 0.377 e. The fourth-order valence-corrected chi connectivity index (χ4v) is 1.80. The number of nitrogens with one attached hydrogen (secondary N) is 1. The van der Waals surface area contributed by atoms with Gasteiger partial charge in [-0.2, -0.15) is 0 Å². The molecule has 0 radical (unpaired) electrons. The zero-order chi connectivity index (χ0) is 9.97. The molecule has 0 spiro atoms. The maximum atomic E-state index is 11.7. The van der Waals surface area contributed by atoms with E-state index in [1.807, 2.05) is 4.90 Å². The van der Waals surface area contributed by atoms with Crippen LogP contribution in [-0.2, 0) is 4.74 Å². The van der Waals surface area contributed by atoms with Crippen molar-refractivity contribution in [1.82, 2.24) is 10.2 Å². The predicted octanol–water partition coefficient (Wildman–Crippen LogP) is 0.827. The minimum Gasteiger partial charge on any atom is -0.377 e. The molecule has 0 aromatic carbocycles. The third-order valence-electron chi connectivity index (χ3n) is 3.04. The van der Waals surface area contributed by atoms with Crippen molar-refractivity contribution >= 4 is 6.03 Å². The van der Waals surface area contributed by atoms with Crippen LogP contribution in [-0.4, -0.2) is 43.3 Å². The van der Waals surface area contributed by atoms with Gasteiger partial charge in [-0.05, 0) is 18.8 Å². The standard InChI is InChI=1S/C10H18N2O2/c1-8-2-4-12(5-3-8)10(13)11-9-6-14-7-9/h8-9H,2-7H2,1H3,(H,11,13). The lowest BCUT2D eigenvalue weighted by Crippen LogP contribution is -2.54. The molecule has 2 aliphatic rings. The lowest BCUT2D eigenvalue weighted by Gasteiger charge is -2.34. The molecule has 0 aliphatic carbocycles. The second kappa shape index (κ2) is 4.17. The van der Waals surface area contributed by atoms with Gasteiger partial charge >= 0.3 is 6.03 Å². The molecule has 2 fully saturated rings. The van der Waals surface area contributed by atoms with Gasteiger partial charge in [0.1, 0.15) is 0 Å². The van der Waals surface area contributed by atoms with E-state index >= 15 is 0 Å². The van der Waals surface area contributed by atoms with Crippen LogP contribution in [0.3, 0.4) is 0 Å². The van der Waals surface area contributed by atoms with Crippen molar-refractivity contribution in [3.63, 3.8) is 0 Å². The fraction of sp³-hybridized carbons (Fsp3) is 0.900. The number of amides is 2. The van der Waals surface area contributed by atoms with E-state index < -0.39 is 0 Å². The van der Waals surface area contributed by atoms with E-state index in [-0.39, 0.29) is 12.1 Å². The van der Waals surface area contributed by atoms with E-state index in [4.69, 9.17) is 4.74 Å². The van der Waals surface area contributed by atoms with E-state index in [1.54, 1.807) is 0 Å². The first kappa shape index (κ1) is 9.77. The van der Waals surface area contributed by atoms with Crippen molar-refractivity contribution in [3.05, 3.63) is 0 Å². The van der Waals surface area contributed by atoms with Crippen LogP contribution < -0.4 is 5.32 Å². The highest BCUT2D eigenvalue weighted by Crippen LogP contribution is 2.16. The second-order valence-electron chi connectivity index (χ2n) is 4.35. The van der Waals surface area contributed by atoms with Crippen LogP contribution in [0.15, 0.2) is 0 Å². The second-order valence-corrected chi connectivity index (χ2v) is 4.35. The number of rotatable bonds is 1. The lowest BCUT2D eigenvalue weighted by molar-refractivity contribution is -0.00251. The number of carbonyl (C=O) groups excluding carboxylic acids is 1. The van der Waals surface area contributed by atoms with E-state index in [0.29, 0.717) is 13.2 Å². The highest BCUT2D eigenvalue weighted by Gasteiger charge is 2.25. The molecule has 0 saturated carbocycles. The number of piperidine rings is 1. The predicted molar refractivity (Wildman–Crippen MR) is 53.1 cm³/mol. The molecule has 80 valence electrons. The Balaban J connectivity index is 1.74. The summed E-state index contributed by atoms with van der Waals surface area (Å²) >= 11 is 0.